The molecule has 1 atom stereocenters. The highest BCUT2D eigenvalue weighted by atomic mass is 16.4. The largest absolute Gasteiger partial charge is 0.481 e. The van der Waals surface area contributed by atoms with Gasteiger partial charge in [-0.15, -0.1) is 0 Å². The standard InChI is InChI=1S/C8H13NO3/c1-5(2)8(7(11)12)3-6(10)9-4-8/h5H,3-4H2,1-2H3,(H,9,10)(H,11,12)/t8-/m0/s1. The zero-order valence-electron chi connectivity index (χ0n) is 7.26. The van der Waals surface area contributed by atoms with Gasteiger partial charge >= 0.3 is 5.97 Å². The van der Waals surface area contributed by atoms with Crippen LogP contribution >= 0.6 is 0 Å². The van der Waals surface area contributed by atoms with E-state index in [1.165, 1.54) is 0 Å². The smallest absolute Gasteiger partial charge is 0.312 e. The summed E-state index contributed by atoms with van der Waals surface area (Å²) in [4.78, 5) is 21.8. The van der Waals surface area contributed by atoms with Crippen LogP contribution in [0.15, 0.2) is 0 Å². The summed E-state index contributed by atoms with van der Waals surface area (Å²) in [5.74, 6) is -1.06. The van der Waals surface area contributed by atoms with E-state index >= 15 is 0 Å². The van der Waals surface area contributed by atoms with Crippen molar-refractivity contribution in [3.8, 4) is 0 Å². The van der Waals surface area contributed by atoms with Crippen molar-refractivity contribution >= 4 is 11.9 Å². The summed E-state index contributed by atoms with van der Waals surface area (Å²) in [7, 11) is 0. The van der Waals surface area contributed by atoms with E-state index in [0.717, 1.165) is 0 Å². The molecule has 0 aromatic rings. The van der Waals surface area contributed by atoms with Crippen LogP contribution in [0.1, 0.15) is 20.3 Å². The second kappa shape index (κ2) is 2.77. The van der Waals surface area contributed by atoms with E-state index in [9.17, 15) is 9.59 Å². The highest BCUT2D eigenvalue weighted by Crippen LogP contribution is 2.34. The Morgan fingerprint density at radius 3 is 2.42 bits per heavy atom. The van der Waals surface area contributed by atoms with Crippen molar-refractivity contribution in [1.82, 2.24) is 5.32 Å². The summed E-state index contributed by atoms with van der Waals surface area (Å²) in [5, 5.41) is 11.5. The van der Waals surface area contributed by atoms with Crippen LogP contribution in [0.25, 0.3) is 0 Å². The Morgan fingerprint density at radius 2 is 2.25 bits per heavy atom. The van der Waals surface area contributed by atoms with E-state index in [1.54, 1.807) is 0 Å². The lowest BCUT2D eigenvalue weighted by molar-refractivity contribution is -0.151. The first-order valence-electron chi connectivity index (χ1n) is 3.99. The minimum absolute atomic E-state index is 0.0195. The molecule has 0 aromatic heterocycles. The molecule has 68 valence electrons. The zero-order chi connectivity index (χ0) is 9.35. The molecule has 1 saturated heterocycles. The van der Waals surface area contributed by atoms with Crippen molar-refractivity contribution in [3.05, 3.63) is 0 Å². The number of carbonyl (C=O) groups is 2. The third-order valence-corrected chi connectivity index (χ3v) is 2.61. The summed E-state index contributed by atoms with van der Waals surface area (Å²) < 4.78 is 0. The highest BCUT2D eigenvalue weighted by molar-refractivity contribution is 5.89. The van der Waals surface area contributed by atoms with Crippen molar-refractivity contribution in [2.75, 3.05) is 6.54 Å². The number of carboxylic acids is 1. The molecular weight excluding hydrogens is 158 g/mol. The maximum atomic E-state index is 10.9. The monoisotopic (exact) mass is 171 g/mol. The molecule has 0 spiro atoms. The van der Waals surface area contributed by atoms with Crippen LogP contribution in [-0.4, -0.2) is 23.5 Å². The van der Waals surface area contributed by atoms with Crippen molar-refractivity contribution in [1.29, 1.82) is 0 Å². The summed E-state index contributed by atoms with van der Waals surface area (Å²) in [6, 6.07) is 0. The lowest BCUT2D eigenvalue weighted by Crippen LogP contribution is -2.38. The first-order chi connectivity index (χ1) is 5.49. The molecule has 0 unspecified atom stereocenters. The van der Waals surface area contributed by atoms with E-state index in [2.05, 4.69) is 5.32 Å². The Hall–Kier alpha value is -1.06. The average molecular weight is 171 g/mol. The van der Waals surface area contributed by atoms with Gasteiger partial charge in [-0.05, 0) is 5.92 Å². The van der Waals surface area contributed by atoms with Crippen molar-refractivity contribution in [2.45, 2.75) is 20.3 Å². The number of carbonyl (C=O) groups excluding carboxylic acids is 1. The van der Waals surface area contributed by atoms with Crippen LogP contribution in [0.4, 0.5) is 0 Å². The van der Waals surface area contributed by atoms with E-state index in [0.29, 0.717) is 0 Å². The average Bonchev–Trinajstić information content (AvgIpc) is 2.32. The molecule has 4 nitrogen and oxygen atoms in total. The number of carboxylic acid groups (broad SMARTS) is 1. The highest BCUT2D eigenvalue weighted by Gasteiger charge is 2.47. The molecule has 0 radical (unpaired) electrons. The van der Waals surface area contributed by atoms with Gasteiger partial charge in [-0.2, -0.15) is 0 Å². The van der Waals surface area contributed by atoms with Gasteiger partial charge in [0.2, 0.25) is 5.91 Å². The Morgan fingerprint density at radius 1 is 1.67 bits per heavy atom. The van der Waals surface area contributed by atoms with E-state index < -0.39 is 11.4 Å². The SMILES string of the molecule is CC(C)[C@@]1(C(=O)O)CNC(=O)C1. The molecule has 1 rings (SSSR count). The fourth-order valence-electron chi connectivity index (χ4n) is 1.47. The molecule has 1 heterocycles. The number of rotatable bonds is 2. The normalized spacial score (nSPS) is 29.1. The molecule has 0 saturated carbocycles. The van der Waals surface area contributed by atoms with Crippen LogP contribution in [0, 0.1) is 11.3 Å². The third-order valence-electron chi connectivity index (χ3n) is 2.61. The van der Waals surface area contributed by atoms with Gasteiger partial charge in [0.05, 0.1) is 5.41 Å². The molecule has 2 N–H and O–H groups in total. The number of amides is 1. The molecule has 1 aliphatic rings. The molecule has 4 heteroatoms. The molecular formula is C8H13NO3. The predicted molar refractivity (Wildman–Crippen MR) is 42.5 cm³/mol. The van der Waals surface area contributed by atoms with Crippen LogP contribution in [0.2, 0.25) is 0 Å². The van der Waals surface area contributed by atoms with Gasteiger partial charge in [0.1, 0.15) is 0 Å². The Bertz CT molecular complexity index is 224. The molecule has 1 amide bonds. The molecule has 0 aromatic carbocycles. The minimum atomic E-state index is -0.879. The van der Waals surface area contributed by atoms with E-state index in [-0.39, 0.29) is 24.8 Å². The summed E-state index contributed by atoms with van der Waals surface area (Å²) in [6.45, 7) is 3.92. The van der Waals surface area contributed by atoms with Gasteiger partial charge in [-0.1, -0.05) is 13.8 Å². The fraction of sp³-hybridized carbons (Fsp3) is 0.750. The second-order valence-electron chi connectivity index (χ2n) is 3.57. The van der Waals surface area contributed by atoms with Gasteiger partial charge in [0, 0.05) is 13.0 Å². The first kappa shape index (κ1) is 9.03. The van der Waals surface area contributed by atoms with Gasteiger partial charge in [-0.25, -0.2) is 0 Å². The lowest BCUT2D eigenvalue weighted by atomic mass is 9.76. The van der Waals surface area contributed by atoms with Crippen molar-refractivity contribution < 1.29 is 14.7 Å². The summed E-state index contributed by atoms with van der Waals surface area (Å²) >= 11 is 0. The molecule has 12 heavy (non-hydrogen) atoms. The third kappa shape index (κ3) is 1.17. The van der Waals surface area contributed by atoms with E-state index in [1.807, 2.05) is 13.8 Å². The predicted octanol–water partition coefficient (Wildman–Crippen LogP) is 0.233. The topological polar surface area (TPSA) is 66.4 Å². The quantitative estimate of drug-likeness (QED) is 0.625. The zero-order valence-corrected chi connectivity index (χ0v) is 7.26. The maximum Gasteiger partial charge on any atom is 0.312 e. The molecule has 0 aliphatic carbocycles. The molecule has 0 bridgehead atoms. The Balaban J connectivity index is 2.89. The number of hydrogen-bond acceptors (Lipinski definition) is 2. The number of hydrogen-bond donors (Lipinski definition) is 2. The van der Waals surface area contributed by atoms with Gasteiger partial charge in [0.25, 0.3) is 0 Å². The fourth-order valence-corrected chi connectivity index (χ4v) is 1.47. The molecule has 1 aliphatic heterocycles. The second-order valence-corrected chi connectivity index (χ2v) is 3.57. The van der Waals surface area contributed by atoms with Crippen molar-refractivity contribution in [3.63, 3.8) is 0 Å². The van der Waals surface area contributed by atoms with Crippen molar-refractivity contribution in [2.24, 2.45) is 11.3 Å². The lowest BCUT2D eigenvalue weighted by Gasteiger charge is -2.25. The maximum absolute atomic E-state index is 10.9. The Kier molecular flexibility index (Phi) is 2.08. The Labute approximate surface area is 71.0 Å². The van der Waals surface area contributed by atoms with E-state index in [4.69, 9.17) is 5.11 Å². The van der Waals surface area contributed by atoms with Gasteiger partial charge < -0.3 is 10.4 Å². The van der Waals surface area contributed by atoms with Crippen LogP contribution in [0.5, 0.6) is 0 Å². The number of aliphatic carboxylic acids is 1. The van der Waals surface area contributed by atoms with Crippen LogP contribution in [-0.2, 0) is 9.59 Å². The number of nitrogens with one attached hydrogen (secondary N) is 1. The first-order valence-corrected chi connectivity index (χ1v) is 3.99. The van der Waals surface area contributed by atoms with Crippen LogP contribution in [0.3, 0.4) is 0 Å². The van der Waals surface area contributed by atoms with Gasteiger partial charge in [0.15, 0.2) is 0 Å². The minimum Gasteiger partial charge on any atom is -0.481 e. The summed E-state index contributed by atoms with van der Waals surface area (Å²) in [6.07, 6.45) is 0.111. The van der Waals surface area contributed by atoms with Crippen LogP contribution < -0.4 is 5.32 Å². The molecule has 1 fully saturated rings. The summed E-state index contributed by atoms with van der Waals surface area (Å²) in [5.41, 5.74) is -0.878. The van der Waals surface area contributed by atoms with Gasteiger partial charge in [-0.3, -0.25) is 9.59 Å².